The van der Waals surface area contributed by atoms with Gasteiger partial charge in [-0.05, 0) is 67.5 Å². The molecule has 36 heavy (non-hydrogen) atoms. The van der Waals surface area contributed by atoms with E-state index in [-0.39, 0.29) is 11.0 Å². The summed E-state index contributed by atoms with van der Waals surface area (Å²) in [7, 11) is 1.23. The highest BCUT2D eigenvalue weighted by Gasteiger charge is 2.24. The summed E-state index contributed by atoms with van der Waals surface area (Å²) in [4.78, 5) is 5.85. The van der Waals surface area contributed by atoms with Crippen molar-refractivity contribution in [1.29, 1.82) is 0 Å². The molecule has 1 aliphatic carbocycles. The lowest BCUT2D eigenvalue weighted by Crippen LogP contribution is -2.36. The monoisotopic (exact) mass is 530 g/mol. The summed E-state index contributed by atoms with van der Waals surface area (Å²) < 4.78 is 40.6. The predicted molar refractivity (Wildman–Crippen MR) is 143 cm³/mol. The number of ether oxygens (including phenoxy) is 2. The van der Waals surface area contributed by atoms with Crippen LogP contribution in [0.4, 0.5) is 0 Å². The Balaban J connectivity index is 1.35. The van der Waals surface area contributed by atoms with E-state index in [0.717, 1.165) is 42.0 Å². The Morgan fingerprint density at radius 2 is 1.89 bits per heavy atom. The fourth-order valence-corrected chi connectivity index (χ4v) is 5.45. The molecule has 0 saturated heterocycles. The Bertz CT molecular complexity index is 1340. The summed E-state index contributed by atoms with van der Waals surface area (Å²) in [5, 5.41) is 6.17. The predicted octanol–water partition coefficient (Wildman–Crippen LogP) is 4.66. The molecule has 0 spiro atoms. The second-order valence-electron chi connectivity index (χ2n) is 9.11. The van der Waals surface area contributed by atoms with Crippen LogP contribution in [-0.2, 0) is 16.6 Å². The lowest BCUT2D eigenvalue weighted by Gasteiger charge is -2.30. The van der Waals surface area contributed by atoms with E-state index in [1.54, 1.807) is 50.6 Å². The summed E-state index contributed by atoms with van der Waals surface area (Å²) >= 11 is 6.45. The summed E-state index contributed by atoms with van der Waals surface area (Å²) in [6.45, 7) is 0.491. The van der Waals surface area contributed by atoms with Crippen LogP contribution in [-0.4, -0.2) is 58.0 Å². The zero-order valence-electron chi connectivity index (χ0n) is 20.6. The largest absolute Gasteiger partial charge is 0.496 e. The van der Waals surface area contributed by atoms with Crippen molar-refractivity contribution >= 4 is 38.7 Å². The molecule has 1 N–H and O–H groups in total. The van der Waals surface area contributed by atoms with E-state index in [9.17, 15) is 8.42 Å². The molecular formula is C26H31ClN4O4S. The van der Waals surface area contributed by atoms with E-state index in [1.165, 1.54) is 12.4 Å². The number of hydrogen-bond donors (Lipinski definition) is 1. The van der Waals surface area contributed by atoms with E-state index >= 15 is 0 Å². The third-order valence-electron chi connectivity index (χ3n) is 6.21. The quantitative estimate of drug-likeness (QED) is 0.318. The highest BCUT2D eigenvalue weighted by atomic mass is 35.5. The third-order valence-corrected chi connectivity index (χ3v) is 7.72. The van der Waals surface area contributed by atoms with Crippen molar-refractivity contribution in [2.24, 2.45) is 4.40 Å². The number of benzene rings is 2. The van der Waals surface area contributed by atoms with Crippen LogP contribution < -0.4 is 14.8 Å². The van der Waals surface area contributed by atoms with Gasteiger partial charge in [-0.25, -0.2) is 0 Å². The first-order chi connectivity index (χ1) is 17.2. The van der Waals surface area contributed by atoms with E-state index in [1.807, 2.05) is 18.2 Å². The van der Waals surface area contributed by atoms with Crippen LogP contribution in [0.25, 0.3) is 10.8 Å². The average molecular weight is 531 g/mol. The topological polar surface area (TPSA) is 93.1 Å². The minimum Gasteiger partial charge on any atom is -0.496 e. The SMILES string of the molecule is COc1ccc(S(=O)(=O)N=CN(C)C)cc1CNC1CCC(Oc2cc3ccncc3cc2Cl)CC1. The molecule has 0 atom stereocenters. The Kier molecular flexibility index (Phi) is 8.33. The Morgan fingerprint density at radius 1 is 1.11 bits per heavy atom. The van der Waals surface area contributed by atoms with Crippen molar-refractivity contribution in [2.45, 2.75) is 49.3 Å². The smallest absolute Gasteiger partial charge is 0.283 e. The molecule has 1 heterocycles. The van der Waals surface area contributed by atoms with Crippen molar-refractivity contribution < 1.29 is 17.9 Å². The maximum absolute atomic E-state index is 12.6. The standard InChI is InChI=1S/C26H31ClN4O4S/c1-31(2)17-30-36(32,33)23-8-9-25(34-3)20(12-23)16-29-21-4-6-22(7-5-21)35-26-14-18-10-11-28-15-19(18)13-24(26)27/h8-15,17,21-22,29H,4-7,16H2,1-3H3. The molecular weight excluding hydrogens is 500 g/mol. The third kappa shape index (κ3) is 6.46. The summed E-state index contributed by atoms with van der Waals surface area (Å²) in [6.07, 6.45) is 8.59. The van der Waals surface area contributed by atoms with Crippen LogP contribution in [0.1, 0.15) is 31.2 Å². The van der Waals surface area contributed by atoms with E-state index < -0.39 is 10.0 Å². The van der Waals surface area contributed by atoms with Gasteiger partial charge in [0.05, 0.1) is 23.1 Å². The molecule has 0 unspecified atom stereocenters. The Morgan fingerprint density at radius 3 is 2.61 bits per heavy atom. The van der Waals surface area contributed by atoms with Gasteiger partial charge in [0.1, 0.15) is 17.8 Å². The van der Waals surface area contributed by atoms with Gasteiger partial charge in [0, 0.05) is 50.0 Å². The number of pyridine rings is 1. The van der Waals surface area contributed by atoms with Crippen LogP contribution in [0, 0.1) is 0 Å². The van der Waals surface area contributed by atoms with Crippen LogP contribution >= 0.6 is 11.6 Å². The van der Waals surface area contributed by atoms with Gasteiger partial charge in [-0.15, -0.1) is 4.40 Å². The first kappa shape index (κ1) is 26.2. The van der Waals surface area contributed by atoms with Gasteiger partial charge in [0.25, 0.3) is 10.0 Å². The highest BCUT2D eigenvalue weighted by molar-refractivity contribution is 7.90. The maximum atomic E-state index is 12.6. The van der Waals surface area contributed by atoms with Crippen molar-refractivity contribution in [2.75, 3.05) is 21.2 Å². The molecule has 10 heteroatoms. The minimum atomic E-state index is -3.79. The molecule has 0 radical (unpaired) electrons. The first-order valence-corrected chi connectivity index (χ1v) is 13.6. The van der Waals surface area contributed by atoms with Gasteiger partial charge in [-0.3, -0.25) is 4.98 Å². The van der Waals surface area contributed by atoms with Crippen molar-refractivity contribution in [3.8, 4) is 11.5 Å². The first-order valence-electron chi connectivity index (χ1n) is 11.8. The lowest BCUT2D eigenvalue weighted by atomic mass is 9.92. The zero-order valence-corrected chi connectivity index (χ0v) is 22.2. The Labute approximate surface area is 217 Å². The van der Waals surface area contributed by atoms with Crippen molar-refractivity contribution in [1.82, 2.24) is 15.2 Å². The number of methoxy groups -OCH3 is 1. The molecule has 8 nitrogen and oxygen atoms in total. The van der Waals surface area contributed by atoms with Gasteiger partial charge in [-0.2, -0.15) is 8.42 Å². The fourth-order valence-electron chi connectivity index (χ4n) is 4.27. The molecule has 4 rings (SSSR count). The van der Waals surface area contributed by atoms with Gasteiger partial charge in [0.2, 0.25) is 0 Å². The van der Waals surface area contributed by atoms with Crippen LogP contribution in [0.5, 0.6) is 11.5 Å². The average Bonchev–Trinajstić information content (AvgIpc) is 2.87. The summed E-state index contributed by atoms with van der Waals surface area (Å²) in [6, 6.07) is 10.9. The number of nitrogens with one attached hydrogen (secondary N) is 1. The molecule has 0 amide bonds. The molecule has 0 bridgehead atoms. The van der Waals surface area contributed by atoms with E-state index in [0.29, 0.717) is 29.1 Å². The number of halogens is 1. The van der Waals surface area contributed by atoms with Crippen LogP contribution in [0.3, 0.4) is 0 Å². The van der Waals surface area contributed by atoms with E-state index in [2.05, 4.69) is 14.7 Å². The lowest BCUT2D eigenvalue weighted by molar-refractivity contribution is 0.139. The van der Waals surface area contributed by atoms with Gasteiger partial charge in [-0.1, -0.05) is 11.6 Å². The van der Waals surface area contributed by atoms with Crippen LogP contribution in [0.2, 0.25) is 5.02 Å². The molecule has 192 valence electrons. The van der Waals surface area contributed by atoms with E-state index in [4.69, 9.17) is 21.1 Å². The molecule has 1 aromatic heterocycles. The molecule has 0 aliphatic heterocycles. The molecule has 1 fully saturated rings. The normalized spacial score (nSPS) is 18.4. The van der Waals surface area contributed by atoms with Crippen molar-refractivity contribution in [3.05, 3.63) is 59.4 Å². The molecule has 1 aliphatic rings. The number of fused-ring (bicyclic) bond motifs is 1. The maximum Gasteiger partial charge on any atom is 0.283 e. The second-order valence-corrected chi connectivity index (χ2v) is 11.2. The van der Waals surface area contributed by atoms with Gasteiger partial charge >= 0.3 is 0 Å². The van der Waals surface area contributed by atoms with Gasteiger partial charge < -0.3 is 19.7 Å². The highest BCUT2D eigenvalue weighted by Crippen LogP contribution is 2.33. The number of hydrogen-bond acceptors (Lipinski definition) is 6. The zero-order chi connectivity index (χ0) is 25.7. The minimum absolute atomic E-state index is 0.0948. The van der Waals surface area contributed by atoms with Crippen LogP contribution in [0.15, 0.2) is 58.1 Å². The summed E-state index contributed by atoms with van der Waals surface area (Å²) in [5.74, 6) is 1.34. The molecule has 1 saturated carbocycles. The van der Waals surface area contributed by atoms with Crippen molar-refractivity contribution in [3.63, 3.8) is 0 Å². The number of nitrogens with zero attached hydrogens (tertiary/aromatic N) is 3. The fraction of sp³-hybridized carbons (Fsp3) is 0.385. The Hall–Kier alpha value is -2.88. The second kappa shape index (κ2) is 11.5. The number of sulfonamides is 1. The summed E-state index contributed by atoms with van der Waals surface area (Å²) in [5.41, 5.74) is 0.773. The number of rotatable bonds is 9. The molecule has 2 aromatic carbocycles. The van der Waals surface area contributed by atoms with Gasteiger partial charge in [0.15, 0.2) is 0 Å². The molecule has 3 aromatic rings. The number of aromatic nitrogens is 1.